The molecule has 4 heteroatoms. The highest BCUT2D eigenvalue weighted by Gasteiger charge is 2.55. The zero-order valence-corrected chi connectivity index (χ0v) is 17.6. The molecule has 4 fully saturated rings. The lowest BCUT2D eigenvalue weighted by Gasteiger charge is -2.55. The summed E-state index contributed by atoms with van der Waals surface area (Å²) in [4.78, 5) is 13.1. The first-order valence-corrected chi connectivity index (χ1v) is 11.1. The van der Waals surface area contributed by atoms with Gasteiger partial charge >= 0.3 is 5.97 Å². The van der Waals surface area contributed by atoms with Crippen LogP contribution in [0.3, 0.4) is 0 Å². The molecule has 0 heterocycles. The van der Waals surface area contributed by atoms with Crippen LogP contribution in [0.5, 0.6) is 5.75 Å². The number of ether oxygens (including phenoxy) is 1. The minimum atomic E-state index is -0.256. The molecule has 2 aromatic carbocycles. The molecule has 4 aliphatic carbocycles. The number of nitriles is 1. The molecule has 0 aromatic heterocycles. The monoisotopic (exact) mass is 417 g/mol. The summed E-state index contributed by atoms with van der Waals surface area (Å²) in [6.45, 7) is 0. The van der Waals surface area contributed by atoms with Crippen LogP contribution in [0.15, 0.2) is 48.5 Å². The fourth-order valence-corrected chi connectivity index (χ4v) is 6.40. The predicted molar refractivity (Wildman–Crippen MR) is 118 cm³/mol. The van der Waals surface area contributed by atoms with Crippen molar-refractivity contribution < 1.29 is 9.53 Å². The van der Waals surface area contributed by atoms with Crippen LogP contribution in [-0.2, 0) is 4.79 Å². The van der Waals surface area contributed by atoms with Gasteiger partial charge in [0.05, 0.1) is 17.1 Å². The van der Waals surface area contributed by atoms with E-state index < -0.39 is 0 Å². The smallest absolute Gasteiger partial charge is 0.317 e. The zero-order chi connectivity index (χ0) is 20.7. The van der Waals surface area contributed by atoms with E-state index in [4.69, 9.17) is 16.3 Å². The number of carbonyl (C=O) groups is 1. The lowest BCUT2D eigenvalue weighted by Crippen LogP contribution is -2.51. The maximum atomic E-state index is 13.1. The van der Waals surface area contributed by atoms with Gasteiger partial charge in [-0.3, -0.25) is 4.79 Å². The van der Waals surface area contributed by atoms with Crippen LogP contribution in [0.4, 0.5) is 0 Å². The maximum absolute atomic E-state index is 13.1. The van der Waals surface area contributed by atoms with E-state index >= 15 is 0 Å². The third-order valence-electron chi connectivity index (χ3n) is 7.13. The van der Waals surface area contributed by atoms with Crippen molar-refractivity contribution in [3.8, 4) is 11.8 Å². The van der Waals surface area contributed by atoms with Crippen LogP contribution in [-0.4, -0.2) is 5.97 Å². The molecule has 0 radical (unpaired) electrons. The molecule has 30 heavy (non-hydrogen) atoms. The summed E-state index contributed by atoms with van der Waals surface area (Å²) >= 11 is 6.05. The van der Waals surface area contributed by atoms with Gasteiger partial charge in [-0.15, -0.1) is 0 Å². The normalized spacial score (nSPS) is 29.5. The van der Waals surface area contributed by atoms with Crippen LogP contribution >= 0.6 is 11.6 Å². The molecule has 4 aliphatic rings. The number of hydrogen-bond donors (Lipinski definition) is 0. The van der Waals surface area contributed by atoms with E-state index in [-0.39, 0.29) is 11.4 Å². The standard InChI is InChI=1S/C26H24ClNO2/c27-23-3-1-2-21(12-23)22(16-28)11-17-4-6-24(7-5-17)30-25(29)26-13-18-8-19(14-26)10-20(9-18)15-26/h1-7,11-12,18-20H,8-10,13-15H2/b22-11-. The molecule has 0 unspecified atom stereocenters. The molecule has 0 saturated heterocycles. The summed E-state index contributed by atoms with van der Waals surface area (Å²) < 4.78 is 5.84. The molecule has 0 aliphatic heterocycles. The van der Waals surface area contributed by atoms with Crippen molar-refractivity contribution in [2.45, 2.75) is 38.5 Å². The van der Waals surface area contributed by atoms with Gasteiger partial charge in [0.2, 0.25) is 0 Å². The van der Waals surface area contributed by atoms with Crippen LogP contribution in [0.1, 0.15) is 49.7 Å². The Bertz CT molecular complexity index is 1010. The van der Waals surface area contributed by atoms with E-state index in [0.29, 0.717) is 34.1 Å². The molecule has 0 amide bonds. The number of halogens is 1. The van der Waals surface area contributed by atoms with E-state index in [2.05, 4.69) is 6.07 Å². The Kier molecular flexibility index (Phi) is 4.91. The predicted octanol–water partition coefficient (Wildman–Crippen LogP) is 6.53. The van der Waals surface area contributed by atoms with E-state index in [1.54, 1.807) is 12.1 Å². The molecule has 0 N–H and O–H groups in total. The van der Waals surface area contributed by atoms with Gasteiger partial charge in [0.25, 0.3) is 0 Å². The van der Waals surface area contributed by atoms with E-state index in [9.17, 15) is 10.1 Å². The van der Waals surface area contributed by atoms with Crippen LogP contribution < -0.4 is 4.74 Å². The number of hydrogen-bond acceptors (Lipinski definition) is 3. The average molecular weight is 418 g/mol. The largest absolute Gasteiger partial charge is 0.426 e. The highest BCUT2D eigenvalue weighted by Crippen LogP contribution is 2.60. The SMILES string of the molecule is N#C/C(=C/c1ccc(OC(=O)C23CC4CC(CC(C4)C2)C3)cc1)c1cccc(Cl)c1. The summed E-state index contributed by atoms with van der Waals surface area (Å²) in [7, 11) is 0. The van der Waals surface area contributed by atoms with E-state index in [1.807, 2.05) is 42.5 Å². The van der Waals surface area contributed by atoms with Gasteiger partial charge in [-0.2, -0.15) is 5.26 Å². The number of allylic oxidation sites excluding steroid dienone is 1. The second-order valence-electron chi connectivity index (χ2n) is 9.34. The van der Waals surface area contributed by atoms with Crippen LogP contribution in [0, 0.1) is 34.5 Å². The van der Waals surface area contributed by atoms with Crippen LogP contribution in [0.25, 0.3) is 11.6 Å². The van der Waals surface area contributed by atoms with Crippen molar-refractivity contribution in [2.75, 3.05) is 0 Å². The Morgan fingerprint density at radius 3 is 2.23 bits per heavy atom. The summed E-state index contributed by atoms with van der Waals surface area (Å²) in [5.41, 5.74) is 1.94. The summed E-state index contributed by atoms with van der Waals surface area (Å²) in [5.74, 6) is 2.68. The highest BCUT2D eigenvalue weighted by atomic mass is 35.5. The van der Waals surface area contributed by atoms with Crippen molar-refractivity contribution in [1.29, 1.82) is 5.26 Å². The number of nitrogens with zero attached hydrogens (tertiary/aromatic N) is 1. The fraction of sp³-hybridized carbons (Fsp3) is 0.385. The van der Waals surface area contributed by atoms with Crippen molar-refractivity contribution in [3.05, 3.63) is 64.7 Å². The third-order valence-corrected chi connectivity index (χ3v) is 7.36. The molecule has 4 bridgehead atoms. The lowest BCUT2D eigenvalue weighted by atomic mass is 9.49. The summed E-state index contributed by atoms with van der Waals surface area (Å²) in [6, 6.07) is 16.9. The molecule has 0 atom stereocenters. The number of esters is 1. The van der Waals surface area contributed by atoms with Gasteiger partial charge in [0.15, 0.2) is 0 Å². The minimum absolute atomic E-state index is 0.0402. The Morgan fingerprint density at radius 1 is 1.03 bits per heavy atom. The Balaban J connectivity index is 1.31. The molecule has 0 spiro atoms. The first-order valence-electron chi connectivity index (χ1n) is 10.7. The Hall–Kier alpha value is -2.57. The van der Waals surface area contributed by atoms with Gasteiger partial charge in [-0.1, -0.05) is 35.9 Å². The molecular weight excluding hydrogens is 394 g/mol. The van der Waals surface area contributed by atoms with Crippen molar-refractivity contribution in [2.24, 2.45) is 23.2 Å². The molecule has 2 aromatic rings. The Morgan fingerprint density at radius 2 is 1.67 bits per heavy atom. The van der Waals surface area contributed by atoms with Gasteiger partial charge in [0, 0.05) is 5.02 Å². The second-order valence-corrected chi connectivity index (χ2v) is 9.77. The number of carbonyl (C=O) groups excluding carboxylic acids is 1. The van der Waals surface area contributed by atoms with Crippen molar-refractivity contribution >= 4 is 29.2 Å². The highest BCUT2D eigenvalue weighted by molar-refractivity contribution is 6.30. The average Bonchev–Trinajstić information content (AvgIpc) is 2.72. The zero-order valence-electron chi connectivity index (χ0n) is 16.8. The van der Waals surface area contributed by atoms with E-state index in [0.717, 1.165) is 30.4 Å². The molecule has 6 rings (SSSR count). The van der Waals surface area contributed by atoms with Crippen LogP contribution in [0.2, 0.25) is 5.02 Å². The first-order chi connectivity index (χ1) is 14.5. The lowest BCUT2D eigenvalue weighted by molar-refractivity contribution is -0.161. The van der Waals surface area contributed by atoms with E-state index in [1.165, 1.54) is 19.3 Å². The fourth-order valence-electron chi connectivity index (χ4n) is 6.21. The number of benzene rings is 2. The first kappa shape index (κ1) is 19.4. The minimum Gasteiger partial charge on any atom is -0.426 e. The Labute approximate surface area is 182 Å². The second kappa shape index (κ2) is 7.60. The molecule has 4 saturated carbocycles. The maximum Gasteiger partial charge on any atom is 0.317 e. The molecule has 152 valence electrons. The summed E-state index contributed by atoms with van der Waals surface area (Å²) in [6.07, 6.45) is 8.75. The van der Waals surface area contributed by atoms with Gasteiger partial charge in [-0.25, -0.2) is 0 Å². The van der Waals surface area contributed by atoms with Gasteiger partial charge in [0.1, 0.15) is 5.75 Å². The van der Waals surface area contributed by atoms with Gasteiger partial charge in [-0.05, 0) is 97.7 Å². The van der Waals surface area contributed by atoms with Crippen molar-refractivity contribution in [3.63, 3.8) is 0 Å². The molecule has 3 nitrogen and oxygen atoms in total. The third kappa shape index (κ3) is 3.66. The van der Waals surface area contributed by atoms with Gasteiger partial charge < -0.3 is 4.74 Å². The summed E-state index contributed by atoms with van der Waals surface area (Å²) in [5, 5.41) is 10.1. The van der Waals surface area contributed by atoms with Crippen molar-refractivity contribution in [1.82, 2.24) is 0 Å². The topological polar surface area (TPSA) is 50.1 Å². The molecular formula is C26H24ClNO2. The quantitative estimate of drug-likeness (QED) is 0.246. The number of rotatable bonds is 4.